The summed E-state index contributed by atoms with van der Waals surface area (Å²) in [4.78, 5) is 37.7. The van der Waals surface area contributed by atoms with Gasteiger partial charge in [0.2, 0.25) is 6.29 Å². The predicted octanol–water partition coefficient (Wildman–Crippen LogP) is 3.58. The zero-order valence-corrected chi connectivity index (χ0v) is 22.3. The van der Waals surface area contributed by atoms with Crippen LogP contribution in [0.2, 0.25) is 0 Å². The van der Waals surface area contributed by atoms with Crippen molar-refractivity contribution in [2.24, 2.45) is 5.92 Å². The number of carbonyl (C=O) groups is 3. The minimum atomic E-state index is -0.767. The molecule has 1 aliphatic carbocycles. The molecule has 2 saturated heterocycles. The molecule has 0 bridgehead atoms. The zero-order valence-electron chi connectivity index (χ0n) is 22.3. The van der Waals surface area contributed by atoms with Crippen LogP contribution in [-0.4, -0.2) is 67.0 Å². The average Bonchev–Trinajstić information content (AvgIpc) is 2.83. The van der Waals surface area contributed by atoms with E-state index in [9.17, 15) is 14.4 Å². The number of carbonyl (C=O) groups excluding carboxylic acids is 3. The Morgan fingerprint density at radius 3 is 2.57 bits per heavy atom. The van der Waals surface area contributed by atoms with Gasteiger partial charge < -0.3 is 23.7 Å². The fourth-order valence-electron chi connectivity index (χ4n) is 6.01. The number of likely N-dealkylation sites (tertiary alicyclic amines) is 1. The van der Waals surface area contributed by atoms with Gasteiger partial charge in [-0.1, -0.05) is 13.0 Å². The first kappa shape index (κ1) is 27.4. The van der Waals surface area contributed by atoms with Gasteiger partial charge in [0.1, 0.15) is 12.7 Å². The van der Waals surface area contributed by atoms with Crippen molar-refractivity contribution >= 4 is 17.9 Å². The molecule has 2 fully saturated rings. The molecule has 0 N–H and O–H groups in total. The van der Waals surface area contributed by atoms with E-state index in [2.05, 4.69) is 17.9 Å². The first-order valence-corrected chi connectivity index (χ1v) is 13.4. The highest BCUT2D eigenvalue weighted by atomic mass is 16.7. The van der Waals surface area contributed by atoms with Crippen LogP contribution in [0.4, 0.5) is 0 Å². The van der Waals surface area contributed by atoms with Crippen molar-refractivity contribution in [2.75, 3.05) is 19.7 Å². The first-order chi connectivity index (χ1) is 17.7. The Hall–Kier alpha value is -2.65. The lowest BCUT2D eigenvalue weighted by molar-refractivity contribution is -0.201. The van der Waals surface area contributed by atoms with Gasteiger partial charge in [0, 0.05) is 45.2 Å². The third-order valence-electron chi connectivity index (χ3n) is 7.40. The van der Waals surface area contributed by atoms with Crippen LogP contribution in [0.15, 0.2) is 12.1 Å². The standard InChI is InChI=1S/C28H39NO8/c1-5-10-29-11-6-7-21-12-24-20(13-25(21)29)8-9-26(28(24)35-19(4)32)37-27-15-22(34-18(3)31)14-23(36-27)16-33-17(2)30/h8-9,21-23,25,27H,5-7,10-16H2,1-4H3/t21-,22+,23+,25-,27+/m1/s1. The van der Waals surface area contributed by atoms with Crippen LogP contribution in [-0.2, 0) is 41.4 Å². The summed E-state index contributed by atoms with van der Waals surface area (Å²) in [5, 5.41) is 0. The van der Waals surface area contributed by atoms with Gasteiger partial charge in [-0.3, -0.25) is 19.3 Å². The van der Waals surface area contributed by atoms with E-state index in [-0.39, 0.29) is 6.61 Å². The highest BCUT2D eigenvalue weighted by Gasteiger charge is 2.38. The maximum atomic E-state index is 12.1. The van der Waals surface area contributed by atoms with Gasteiger partial charge in [-0.05, 0) is 62.7 Å². The molecular formula is C28H39NO8. The molecule has 1 aromatic rings. The third-order valence-corrected chi connectivity index (χ3v) is 7.40. The molecule has 3 aliphatic rings. The zero-order chi connectivity index (χ0) is 26.5. The minimum absolute atomic E-state index is 0.0330. The van der Waals surface area contributed by atoms with Crippen LogP contribution in [0.3, 0.4) is 0 Å². The molecule has 4 rings (SSSR count). The van der Waals surface area contributed by atoms with Gasteiger partial charge in [-0.2, -0.15) is 0 Å². The van der Waals surface area contributed by atoms with Crippen molar-refractivity contribution in [1.82, 2.24) is 4.90 Å². The van der Waals surface area contributed by atoms with E-state index >= 15 is 0 Å². The molecule has 204 valence electrons. The van der Waals surface area contributed by atoms with Crippen molar-refractivity contribution in [3.05, 3.63) is 23.3 Å². The Kier molecular flexibility index (Phi) is 9.08. The van der Waals surface area contributed by atoms with E-state index in [1.54, 1.807) is 0 Å². The van der Waals surface area contributed by atoms with Crippen molar-refractivity contribution in [3.63, 3.8) is 0 Å². The van der Waals surface area contributed by atoms with Crippen LogP contribution >= 0.6 is 0 Å². The average molecular weight is 518 g/mol. The number of piperidine rings is 1. The number of hydrogen-bond donors (Lipinski definition) is 0. The van der Waals surface area contributed by atoms with Crippen LogP contribution < -0.4 is 9.47 Å². The second-order valence-corrected chi connectivity index (χ2v) is 10.3. The number of esters is 3. The number of hydrogen-bond acceptors (Lipinski definition) is 9. The van der Waals surface area contributed by atoms with E-state index in [1.807, 2.05) is 6.07 Å². The fraction of sp³-hybridized carbons (Fsp3) is 0.679. The van der Waals surface area contributed by atoms with E-state index in [0.29, 0.717) is 36.3 Å². The molecule has 2 aliphatic heterocycles. The molecule has 0 aromatic heterocycles. The Morgan fingerprint density at radius 2 is 1.86 bits per heavy atom. The third kappa shape index (κ3) is 7.02. The fourth-order valence-corrected chi connectivity index (χ4v) is 6.01. The monoisotopic (exact) mass is 517 g/mol. The lowest BCUT2D eigenvalue weighted by Crippen LogP contribution is -2.49. The van der Waals surface area contributed by atoms with E-state index in [0.717, 1.165) is 44.3 Å². The molecule has 9 nitrogen and oxygen atoms in total. The van der Waals surface area contributed by atoms with Gasteiger partial charge in [-0.15, -0.1) is 0 Å². The maximum absolute atomic E-state index is 12.1. The summed E-state index contributed by atoms with van der Waals surface area (Å²) in [7, 11) is 0. The maximum Gasteiger partial charge on any atom is 0.308 e. The topological polar surface area (TPSA) is 101 Å². The molecule has 0 amide bonds. The first-order valence-electron chi connectivity index (χ1n) is 13.4. The molecule has 9 heteroatoms. The summed E-state index contributed by atoms with van der Waals surface area (Å²) < 4.78 is 28.6. The largest absolute Gasteiger partial charge is 0.463 e. The van der Waals surface area contributed by atoms with E-state index in [1.165, 1.54) is 32.8 Å². The molecule has 0 spiro atoms. The normalized spacial score (nSPS) is 27.4. The highest BCUT2D eigenvalue weighted by molar-refractivity contribution is 5.72. The van der Waals surface area contributed by atoms with Gasteiger partial charge in [-0.25, -0.2) is 0 Å². The van der Waals surface area contributed by atoms with Gasteiger partial charge in [0.05, 0.1) is 6.10 Å². The SMILES string of the molecule is CCCN1CCC[C@@H]2Cc3c(ccc(O[C@H]4C[C@@H](OC(C)=O)C[C@@H](COC(C)=O)O4)c3OC(C)=O)C[C@H]21. The lowest BCUT2D eigenvalue weighted by atomic mass is 9.75. The smallest absolute Gasteiger partial charge is 0.308 e. The number of rotatable bonds is 8. The quantitative estimate of drug-likeness (QED) is 0.378. The summed E-state index contributed by atoms with van der Waals surface area (Å²) in [6, 6.07) is 4.41. The van der Waals surface area contributed by atoms with Gasteiger partial charge in [0.25, 0.3) is 0 Å². The van der Waals surface area contributed by atoms with Crippen molar-refractivity contribution in [3.8, 4) is 11.5 Å². The predicted molar refractivity (Wildman–Crippen MR) is 134 cm³/mol. The van der Waals surface area contributed by atoms with E-state index < -0.39 is 36.4 Å². The number of fused-ring (bicyclic) bond motifs is 2. The summed E-state index contributed by atoms with van der Waals surface area (Å²) in [5.41, 5.74) is 2.21. The van der Waals surface area contributed by atoms with Crippen LogP contribution in [0, 0.1) is 5.92 Å². The van der Waals surface area contributed by atoms with Gasteiger partial charge >= 0.3 is 17.9 Å². The lowest BCUT2D eigenvalue weighted by Gasteiger charge is -2.45. The van der Waals surface area contributed by atoms with Crippen LogP contribution in [0.25, 0.3) is 0 Å². The summed E-state index contributed by atoms with van der Waals surface area (Å²) in [6.45, 7) is 8.57. The molecule has 0 saturated carbocycles. The summed E-state index contributed by atoms with van der Waals surface area (Å²) in [5.74, 6) is 0.155. The van der Waals surface area contributed by atoms with Crippen molar-refractivity contribution in [1.29, 1.82) is 0 Å². The summed E-state index contributed by atoms with van der Waals surface area (Å²) >= 11 is 0. The number of ether oxygens (including phenoxy) is 5. The number of nitrogens with zero attached hydrogens (tertiary/aromatic N) is 1. The van der Waals surface area contributed by atoms with Crippen LogP contribution in [0.5, 0.6) is 11.5 Å². The molecule has 0 unspecified atom stereocenters. The highest BCUT2D eigenvalue weighted by Crippen LogP contribution is 2.43. The molecular weight excluding hydrogens is 478 g/mol. The van der Waals surface area contributed by atoms with E-state index in [4.69, 9.17) is 23.7 Å². The second kappa shape index (κ2) is 12.3. The van der Waals surface area contributed by atoms with Crippen LogP contribution in [0.1, 0.15) is 70.9 Å². The molecule has 37 heavy (non-hydrogen) atoms. The Labute approximate surface area is 218 Å². The Bertz CT molecular complexity index is 993. The molecule has 0 radical (unpaired) electrons. The molecule has 1 aromatic carbocycles. The Balaban J connectivity index is 1.57. The molecule has 2 heterocycles. The van der Waals surface area contributed by atoms with Crippen molar-refractivity contribution in [2.45, 2.75) is 97.2 Å². The van der Waals surface area contributed by atoms with Gasteiger partial charge in [0.15, 0.2) is 11.5 Å². The molecule has 5 atom stereocenters. The summed E-state index contributed by atoms with van der Waals surface area (Å²) in [6.07, 6.45) is 4.22. The Morgan fingerprint density at radius 1 is 1.05 bits per heavy atom. The van der Waals surface area contributed by atoms with Crippen molar-refractivity contribution < 1.29 is 38.1 Å². The minimum Gasteiger partial charge on any atom is -0.463 e. The second-order valence-electron chi connectivity index (χ2n) is 10.3. The number of benzene rings is 1.